The Balaban J connectivity index is 0. The van der Waals surface area contributed by atoms with Crippen LogP contribution < -0.4 is 5.73 Å². The Kier molecular flexibility index (Phi) is 6.76. The number of likely N-dealkylation sites (N-methyl/N-ethyl adjacent to an activating group) is 1. The fourth-order valence-electron chi connectivity index (χ4n) is 0.377. The second-order valence-corrected chi connectivity index (χ2v) is 1.81. The fourth-order valence-corrected chi connectivity index (χ4v) is 0.377. The average molecular weight is 169 g/mol. The summed E-state index contributed by atoms with van der Waals surface area (Å²) < 4.78 is 0. The normalized spacial score (nSPS) is 11.6. The number of nitrogens with two attached hydrogens (primary N) is 1. The van der Waals surface area contributed by atoms with E-state index in [9.17, 15) is 4.79 Å². The molecule has 0 aromatic carbocycles. The van der Waals surface area contributed by atoms with Crippen LogP contribution in [-0.2, 0) is 9.63 Å². The maximum Gasteiger partial charge on any atom is 0.262 e. The number of hydrogen-bond donors (Lipinski definition) is 1. The van der Waals surface area contributed by atoms with Gasteiger partial charge in [-0.2, -0.15) is 0 Å². The van der Waals surface area contributed by atoms with Gasteiger partial charge in [0, 0.05) is 7.05 Å². The zero-order valence-electron chi connectivity index (χ0n) is 6.33. The molecule has 5 heteroatoms. The number of amides is 1. The molecule has 1 amide bonds. The van der Waals surface area contributed by atoms with Gasteiger partial charge in [-0.15, -0.1) is 12.4 Å². The van der Waals surface area contributed by atoms with E-state index in [2.05, 4.69) is 4.84 Å². The molecule has 0 bridgehead atoms. The van der Waals surface area contributed by atoms with Crippen molar-refractivity contribution in [1.82, 2.24) is 5.06 Å². The van der Waals surface area contributed by atoms with Gasteiger partial charge in [0.25, 0.3) is 5.91 Å². The van der Waals surface area contributed by atoms with Crippen molar-refractivity contribution < 1.29 is 9.63 Å². The first-order valence-electron chi connectivity index (χ1n) is 2.67. The van der Waals surface area contributed by atoms with Gasteiger partial charge >= 0.3 is 0 Å². The monoisotopic (exact) mass is 168 g/mol. The van der Waals surface area contributed by atoms with Gasteiger partial charge in [0.1, 0.15) is 0 Å². The molecule has 0 spiro atoms. The topological polar surface area (TPSA) is 55.6 Å². The van der Waals surface area contributed by atoms with Crippen LogP contribution in [0.15, 0.2) is 0 Å². The molecule has 0 aromatic rings. The Morgan fingerprint density at radius 2 is 2.10 bits per heavy atom. The molecule has 1 atom stereocenters. The number of halogens is 1. The summed E-state index contributed by atoms with van der Waals surface area (Å²) in [5.74, 6) is -0.225. The van der Waals surface area contributed by atoms with Crippen molar-refractivity contribution in [2.45, 2.75) is 13.0 Å². The van der Waals surface area contributed by atoms with E-state index in [-0.39, 0.29) is 18.3 Å². The van der Waals surface area contributed by atoms with Crippen molar-refractivity contribution in [2.75, 3.05) is 14.2 Å². The Labute approximate surface area is 66.7 Å². The van der Waals surface area contributed by atoms with Crippen LogP contribution in [0.25, 0.3) is 0 Å². The van der Waals surface area contributed by atoms with E-state index in [1.54, 1.807) is 6.92 Å². The lowest BCUT2D eigenvalue weighted by atomic mass is 10.3. The molecule has 1 unspecified atom stereocenters. The second-order valence-electron chi connectivity index (χ2n) is 1.81. The summed E-state index contributed by atoms with van der Waals surface area (Å²) >= 11 is 0. The van der Waals surface area contributed by atoms with Gasteiger partial charge in [-0.1, -0.05) is 0 Å². The van der Waals surface area contributed by atoms with Crippen molar-refractivity contribution in [2.24, 2.45) is 5.73 Å². The van der Waals surface area contributed by atoms with E-state index in [0.717, 1.165) is 5.06 Å². The van der Waals surface area contributed by atoms with E-state index >= 15 is 0 Å². The third-order valence-electron chi connectivity index (χ3n) is 0.974. The standard InChI is InChI=1S/C5H12N2O2.ClH/c1-4(6)5(8)7(2)9-3;/h4H,6H2,1-3H3;1H. The summed E-state index contributed by atoms with van der Waals surface area (Å²) in [4.78, 5) is 15.3. The molecular formula is C5H13ClN2O2. The maximum absolute atomic E-state index is 10.7. The Hall–Kier alpha value is -0.320. The number of carbonyl (C=O) groups excluding carboxylic acids is 1. The minimum absolute atomic E-state index is 0. The molecule has 2 N–H and O–H groups in total. The molecule has 0 radical (unpaired) electrons. The molecule has 0 saturated heterocycles. The summed E-state index contributed by atoms with van der Waals surface area (Å²) in [7, 11) is 2.94. The van der Waals surface area contributed by atoms with E-state index < -0.39 is 6.04 Å². The molecule has 0 heterocycles. The SMILES string of the molecule is CON(C)C(=O)C(C)N.Cl. The van der Waals surface area contributed by atoms with Crippen LogP contribution in [0.4, 0.5) is 0 Å². The lowest BCUT2D eigenvalue weighted by molar-refractivity contribution is -0.169. The largest absolute Gasteiger partial charge is 0.320 e. The first-order chi connectivity index (χ1) is 4.09. The van der Waals surface area contributed by atoms with Crippen LogP contribution in [0, 0.1) is 0 Å². The number of rotatable bonds is 2. The van der Waals surface area contributed by atoms with Gasteiger partial charge in [-0.05, 0) is 6.92 Å². The van der Waals surface area contributed by atoms with Crippen LogP contribution in [-0.4, -0.2) is 31.2 Å². The Bertz CT molecular complexity index is 108. The Morgan fingerprint density at radius 1 is 1.70 bits per heavy atom. The molecule has 4 nitrogen and oxygen atoms in total. The van der Waals surface area contributed by atoms with Crippen molar-refractivity contribution in [1.29, 1.82) is 0 Å². The van der Waals surface area contributed by atoms with Crippen LogP contribution >= 0.6 is 12.4 Å². The minimum Gasteiger partial charge on any atom is -0.320 e. The van der Waals surface area contributed by atoms with Crippen LogP contribution in [0.3, 0.4) is 0 Å². The van der Waals surface area contributed by atoms with E-state index in [1.165, 1.54) is 14.2 Å². The number of hydroxylamine groups is 2. The zero-order chi connectivity index (χ0) is 7.44. The quantitative estimate of drug-likeness (QED) is 0.580. The highest BCUT2D eigenvalue weighted by molar-refractivity contribution is 5.85. The molecule has 0 aliphatic rings. The first kappa shape index (κ1) is 12.4. The van der Waals surface area contributed by atoms with E-state index in [4.69, 9.17) is 5.73 Å². The maximum atomic E-state index is 10.7. The van der Waals surface area contributed by atoms with Gasteiger partial charge in [0.2, 0.25) is 0 Å². The van der Waals surface area contributed by atoms with E-state index in [0.29, 0.717) is 0 Å². The molecular weight excluding hydrogens is 156 g/mol. The highest BCUT2D eigenvalue weighted by Crippen LogP contribution is 1.86. The fraction of sp³-hybridized carbons (Fsp3) is 0.800. The van der Waals surface area contributed by atoms with Crippen LogP contribution in [0.5, 0.6) is 0 Å². The smallest absolute Gasteiger partial charge is 0.262 e. The van der Waals surface area contributed by atoms with Gasteiger partial charge < -0.3 is 5.73 Å². The summed E-state index contributed by atoms with van der Waals surface area (Å²) in [5.41, 5.74) is 5.24. The summed E-state index contributed by atoms with van der Waals surface area (Å²) in [5, 5.41) is 1.10. The number of carbonyl (C=O) groups is 1. The molecule has 10 heavy (non-hydrogen) atoms. The molecule has 0 aromatic heterocycles. The molecule has 0 aliphatic heterocycles. The summed E-state index contributed by atoms with van der Waals surface area (Å²) in [6.45, 7) is 1.61. The molecule has 62 valence electrons. The van der Waals surface area contributed by atoms with Crippen molar-refractivity contribution in [3.8, 4) is 0 Å². The van der Waals surface area contributed by atoms with Crippen molar-refractivity contribution in [3.63, 3.8) is 0 Å². The Morgan fingerprint density at radius 3 is 2.20 bits per heavy atom. The third kappa shape index (κ3) is 3.66. The second kappa shape index (κ2) is 5.46. The van der Waals surface area contributed by atoms with Crippen LogP contribution in [0.1, 0.15) is 6.92 Å². The molecule has 0 fully saturated rings. The molecule has 0 aliphatic carbocycles. The van der Waals surface area contributed by atoms with E-state index in [1.807, 2.05) is 0 Å². The van der Waals surface area contributed by atoms with Gasteiger partial charge in [-0.3, -0.25) is 9.63 Å². The summed E-state index contributed by atoms with van der Waals surface area (Å²) in [6, 6.07) is -0.491. The third-order valence-corrected chi connectivity index (χ3v) is 0.974. The lowest BCUT2D eigenvalue weighted by Gasteiger charge is -2.15. The zero-order valence-corrected chi connectivity index (χ0v) is 7.14. The number of nitrogens with zero attached hydrogens (tertiary/aromatic N) is 1. The predicted octanol–water partition coefficient (Wildman–Crippen LogP) is -0.225. The lowest BCUT2D eigenvalue weighted by Crippen LogP contribution is -2.38. The highest BCUT2D eigenvalue weighted by Gasteiger charge is 2.11. The van der Waals surface area contributed by atoms with Crippen molar-refractivity contribution >= 4 is 18.3 Å². The van der Waals surface area contributed by atoms with Gasteiger partial charge in [-0.25, -0.2) is 5.06 Å². The average Bonchev–Trinajstić information content (AvgIpc) is 1.84. The summed E-state index contributed by atoms with van der Waals surface area (Å²) in [6.07, 6.45) is 0. The first-order valence-corrected chi connectivity index (χ1v) is 2.67. The van der Waals surface area contributed by atoms with Gasteiger partial charge in [0.05, 0.1) is 13.2 Å². The molecule has 0 rings (SSSR count). The number of hydrogen-bond acceptors (Lipinski definition) is 3. The van der Waals surface area contributed by atoms with Crippen LogP contribution in [0.2, 0.25) is 0 Å². The van der Waals surface area contributed by atoms with Crippen molar-refractivity contribution in [3.05, 3.63) is 0 Å². The predicted molar refractivity (Wildman–Crippen MR) is 40.7 cm³/mol. The molecule has 0 saturated carbocycles. The van der Waals surface area contributed by atoms with Gasteiger partial charge in [0.15, 0.2) is 0 Å². The highest BCUT2D eigenvalue weighted by atomic mass is 35.5. The minimum atomic E-state index is -0.491.